The minimum atomic E-state index is -1.03. The number of amides is 1. The Morgan fingerprint density at radius 2 is 2.24 bits per heavy atom. The van der Waals surface area contributed by atoms with E-state index in [0.717, 1.165) is 11.3 Å². The molecule has 0 unspecified atom stereocenters. The SMILES string of the molecule is CSCC(=O)N1C[C@@H]2c3ccccc3OC[C@]2(C(=O)O)C1. The zero-order valence-electron chi connectivity index (χ0n) is 11.7. The molecule has 112 valence electrons. The zero-order valence-corrected chi connectivity index (χ0v) is 12.6. The van der Waals surface area contributed by atoms with E-state index in [-0.39, 0.29) is 25.0 Å². The maximum Gasteiger partial charge on any atom is 0.315 e. The molecular weight excluding hydrogens is 290 g/mol. The maximum absolute atomic E-state index is 12.1. The van der Waals surface area contributed by atoms with Gasteiger partial charge in [0.15, 0.2) is 0 Å². The molecular formula is C15H17NO4S. The molecule has 2 aliphatic heterocycles. The molecule has 1 fully saturated rings. The summed E-state index contributed by atoms with van der Waals surface area (Å²) in [4.78, 5) is 25.7. The van der Waals surface area contributed by atoms with Crippen molar-refractivity contribution in [3.63, 3.8) is 0 Å². The lowest BCUT2D eigenvalue weighted by molar-refractivity contribution is -0.152. The van der Waals surface area contributed by atoms with Crippen LogP contribution >= 0.6 is 11.8 Å². The van der Waals surface area contributed by atoms with Crippen molar-refractivity contribution in [2.75, 3.05) is 31.7 Å². The number of likely N-dealkylation sites (tertiary alicyclic amines) is 1. The summed E-state index contributed by atoms with van der Waals surface area (Å²) in [5.41, 5.74) is -0.131. The minimum absolute atomic E-state index is 0.00462. The highest BCUT2D eigenvalue weighted by molar-refractivity contribution is 7.99. The first-order valence-electron chi connectivity index (χ1n) is 6.80. The number of carbonyl (C=O) groups excluding carboxylic acids is 1. The highest BCUT2D eigenvalue weighted by atomic mass is 32.2. The Morgan fingerprint density at radius 1 is 1.48 bits per heavy atom. The van der Waals surface area contributed by atoms with Crippen molar-refractivity contribution < 1.29 is 19.4 Å². The third-order valence-electron chi connectivity index (χ3n) is 4.37. The van der Waals surface area contributed by atoms with Crippen LogP contribution in [0.2, 0.25) is 0 Å². The van der Waals surface area contributed by atoms with E-state index in [4.69, 9.17) is 4.74 Å². The van der Waals surface area contributed by atoms with E-state index in [2.05, 4.69) is 0 Å². The standard InChI is InChI=1S/C15H17NO4S/c1-21-7-13(17)16-6-11-10-4-2-3-5-12(10)20-9-15(11,8-16)14(18)19/h2-5,11H,6-9H2,1H3,(H,18,19)/t11-,15-/m1/s1. The quantitative estimate of drug-likeness (QED) is 0.915. The van der Waals surface area contributed by atoms with Crippen LogP contribution in [-0.2, 0) is 9.59 Å². The van der Waals surface area contributed by atoms with E-state index in [1.54, 1.807) is 4.90 Å². The van der Waals surface area contributed by atoms with Gasteiger partial charge < -0.3 is 14.7 Å². The number of carbonyl (C=O) groups is 2. The van der Waals surface area contributed by atoms with Crippen molar-refractivity contribution in [3.05, 3.63) is 29.8 Å². The van der Waals surface area contributed by atoms with Crippen LogP contribution in [0.4, 0.5) is 0 Å². The van der Waals surface area contributed by atoms with Crippen LogP contribution in [0.15, 0.2) is 24.3 Å². The van der Waals surface area contributed by atoms with Gasteiger partial charge in [0.05, 0.1) is 5.75 Å². The van der Waals surface area contributed by atoms with Crippen LogP contribution in [0.1, 0.15) is 11.5 Å². The molecule has 3 rings (SSSR count). The normalized spacial score (nSPS) is 26.7. The zero-order chi connectivity index (χ0) is 15.0. The smallest absolute Gasteiger partial charge is 0.315 e. The minimum Gasteiger partial charge on any atom is -0.492 e. The van der Waals surface area contributed by atoms with Crippen LogP contribution in [-0.4, -0.2) is 53.6 Å². The highest BCUT2D eigenvalue weighted by Gasteiger charge is 2.57. The molecule has 6 heteroatoms. The second-order valence-corrected chi connectivity index (χ2v) is 6.41. The molecule has 2 atom stereocenters. The van der Waals surface area contributed by atoms with Gasteiger partial charge in [-0.1, -0.05) is 18.2 Å². The second kappa shape index (κ2) is 5.26. The summed E-state index contributed by atoms with van der Waals surface area (Å²) in [5, 5.41) is 9.73. The van der Waals surface area contributed by atoms with Gasteiger partial charge in [0, 0.05) is 24.6 Å². The number of nitrogens with zero attached hydrogens (tertiary/aromatic N) is 1. The van der Waals surface area contributed by atoms with Crippen LogP contribution in [0.5, 0.6) is 5.75 Å². The molecule has 5 nitrogen and oxygen atoms in total. The molecule has 1 N–H and O–H groups in total. The van der Waals surface area contributed by atoms with Crippen molar-refractivity contribution in [1.82, 2.24) is 4.90 Å². The molecule has 0 saturated carbocycles. The van der Waals surface area contributed by atoms with Gasteiger partial charge in [-0.15, -0.1) is 0 Å². The van der Waals surface area contributed by atoms with Crippen molar-refractivity contribution >= 4 is 23.6 Å². The van der Waals surface area contributed by atoms with E-state index in [0.29, 0.717) is 12.3 Å². The van der Waals surface area contributed by atoms with Gasteiger partial charge in [-0.25, -0.2) is 0 Å². The van der Waals surface area contributed by atoms with Gasteiger partial charge in [0.2, 0.25) is 5.91 Å². The first-order chi connectivity index (χ1) is 10.1. The number of ether oxygens (including phenoxy) is 1. The van der Waals surface area contributed by atoms with Crippen LogP contribution in [0.3, 0.4) is 0 Å². The average Bonchev–Trinajstić information content (AvgIpc) is 2.89. The third kappa shape index (κ3) is 2.18. The highest BCUT2D eigenvalue weighted by Crippen LogP contribution is 2.49. The third-order valence-corrected chi connectivity index (χ3v) is 4.90. The van der Waals surface area contributed by atoms with Crippen molar-refractivity contribution in [2.24, 2.45) is 5.41 Å². The largest absolute Gasteiger partial charge is 0.492 e. The Bertz CT molecular complexity index is 591. The Morgan fingerprint density at radius 3 is 2.95 bits per heavy atom. The number of thioether (sulfide) groups is 1. The van der Waals surface area contributed by atoms with Crippen molar-refractivity contribution in [3.8, 4) is 5.75 Å². The molecule has 0 radical (unpaired) electrons. The van der Waals surface area contributed by atoms with E-state index in [1.165, 1.54) is 11.8 Å². The molecule has 2 aliphatic rings. The number of aliphatic carboxylic acids is 1. The summed E-state index contributed by atoms with van der Waals surface area (Å²) in [6.45, 7) is 0.792. The molecule has 2 heterocycles. The van der Waals surface area contributed by atoms with Crippen LogP contribution < -0.4 is 4.74 Å². The van der Waals surface area contributed by atoms with Gasteiger partial charge >= 0.3 is 5.97 Å². The fraction of sp³-hybridized carbons (Fsp3) is 0.467. The van der Waals surface area contributed by atoms with Crippen LogP contribution in [0, 0.1) is 5.41 Å². The Kier molecular flexibility index (Phi) is 3.57. The monoisotopic (exact) mass is 307 g/mol. The number of benzene rings is 1. The number of fused-ring (bicyclic) bond motifs is 3. The van der Waals surface area contributed by atoms with Gasteiger partial charge in [-0.3, -0.25) is 9.59 Å². The summed E-state index contributed by atoms with van der Waals surface area (Å²) in [7, 11) is 0. The lowest BCUT2D eigenvalue weighted by Crippen LogP contribution is -2.46. The molecule has 1 amide bonds. The molecule has 1 saturated heterocycles. The fourth-order valence-corrected chi connectivity index (χ4v) is 3.67. The molecule has 1 aromatic rings. The Balaban J connectivity index is 1.98. The number of hydrogen-bond donors (Lipinski definition) is 1. The van der Waals surface area contributed by atoms with Crippen molar-refractivity contribution in [1.29, 1.82) is 0 Å². The molecule has 0 bridgehead atoms. The van der Waals surface area contributed by atoms with E-state index < -0.39 is 11.4 Å². The van der Waals surface area contributed by atoms with E-state index in [1.807, 2.05) is 30.5 Å². The molecule has 0 aliphatic carbocycles. The second-order valence-electron chi connectivity index (χ2n) is 5.55. The van der Waals surface area contributed by atoms with Gasteiger partial charge in [-0.2, -0.15) is 11.8 Å². The number of para-hydroxylation sites is 1. The molecule has 1 aromatic carbocycles. The number of rotatable bonds is 3. The number of hydrogen-bond acceptors (Lipinski definition) is 4. The van der Waals surface area contributed by atoms with Gasteiger partial charge in [0.25, 0.3) is 0 Å². The maximum atomic E-state index is 12.1. The molecule has 0 spiro atoms. The Hall–Kier alpha value is -1.69. The summed E-state index contributed by atoms with van der Waals surface area (Å²) in [5.74, 6) is 0.0195. The molecule has 0 aromatic heterocycles. The average molecular weight is 307 g/mol. The number of carboxylic acids is 1. The summed E-state index contributed by atoms with van der Waals surface area (Å²) in [6.07, 6.45) is 1.87. The summed E-state index contributed by atoms with van der Waals surface area (Å²) >= 11 is 1.45. The fourth-order valence-electron chi connectivity index (χ4n) is 3.24. The van der Waals surface area contributed by atoms with Crippen LogP contribution in [0.25, 0.3) is 0 Å². The van der Waals surface area contributed by atoms with Crippen molar-refractivity contribution in [2.45, 2.75) is 5.92 Å². The molecule has 21 heavy (non-hydrogen) atoms. The lowest BCUT2D eigenvalue weighted by Gasteiger charge is -2.35. The lowest BCUT2D eigenvalue weighted by atomic mass is 9.73. The number of carboxylic acid groups (broad SMARTS) is 1. The topological polar surface area (TPSA) is 66.8 Å². The summed E-state index contributed by atoms with van der Waals surface area (Å²) < 4.78 is 5.67. The summed E-state index contributed by atoms with van der Waals surface area (Å²) in [6, 6.07) is 7.51. The first-order valence-corrected chi connectivity index (χ1v) is 8.20. The van der Waals surface area contributed by atoms with E-state index >= 15 is 0 Å². The van der Waals surface area contributed by atoms with Gasteiger partial charge in [-0.05, 0) is 12.3 Å². The first kappa shape index (κ1) is 14.3. The van der Waals surface area contributed by atoms with E-state index in [9.17, 15) is 14.7 Å². The predicted molar refractivity (Wildman–Crippen MR) is 79.7 cm³/mol. The predicted octanol–water partition coefficient (Wildman–Crippen LogP) is 1.44. The van der Waals surface area contributed by atoms with Gasteiger partial charge in [0.1, 0.15) is 17.8 Å². The Labute approximate surface area is 127 Å².